The molecule has 0 unspecified atom stereocenters. The first-order valence-corrected chi connectivity index (χ1v) is 10.5. The molecule has 0 bridgehead atoms. The average molecular weight is 422 g/mol. The summed E-state index contributed by atoms with van der Waals surface area (Å²) in [6, 6.07) is 16.4. The minimum absolute atomic E-state index is 0.416. The Hall–Kier alpha value is -3.48. The predicted octanol–water partition coefficient (Wildman–Crippen LogP) is 3.18. The maximum absolute atomic E-state index is 6.04. The maximum atomic E-state index is 6.04. The van der Waals surface area contributed by atoms with E-state index in [4.69, 9.17) is 15.2 Å². The highest BCUT2D eigenvalue weighted by molar-refractivity contribution is 5.77. The van der Waals surface area contributed by atoms with Gasteiger partial charge in [-0.1, -0.05) is 36.4 Å². The lowest BCUT2D eigenvalue weighted by Crippen LogP contribution is -2.33. The number of nitrogens with one attached hydrogen (secondary N) is 1. The van der Waals surface area contributed by atoms with Crippen LogP contribution in [0.15, 0.2) is 65.9 Å². The van der Waals surface area contributed by atoms with Crippen LogP contribution < -0.4 is 20.5 Å². The van der Waals surface area contributed by atoms with Crippen LogP contribution in [-0.4, -0.2) is 36.3 Å². The summed E-state index contributed by atoms with van der Waals surface area (Å²) in [4.78, 5) is 8.86. The summed E-state index contributed by atoms with van der Waals surface area (Å²) < 4.78 is 12.8. The van der Waals surface area contributed by atoms with Gasteiger partial charge in [0.1, 0.15) is 12.4 Å². The highest BCUT2D eigenvalue weighted by atomic mass is 16.5. The maximum Gasteiger partial charge on any atom is 0.189 e. The molecule has 164 valence electrons. The molecule has 0 spiro atoms. The number of aryl methyl sites for hydroxylation is 2. The average Bonchev–Trinajstić information content (AvgIpc) is 3.25. The van der Waals surface area contributed by atoms with E-state index in [1.54, 1.807) is 14.2 Å². The van der Waals surface area contributed by atoms with E-state index in [1.165, 1.54) is 5.56 Å². The lowest BCUT2D eigenvalue weighted by molar-refractivity contribution is 0.354. The molecule has 7 heteroatoms. The number of guanidine groups is 1. The van der Waals surface area contributed by atoms with E-state index in [1.807, 2.05) is 36.7 Å². The number of methoxy groups -OCH3 is 2. The van der Waals surface area contributed by atoms with Crippen molar-refractivity contribution in [1.82, 2.24) is 14.9 Å². The number of imidazole rings is 1. The lowest BCUT2D eigenvalue weighted by atomic mass is 10.1. The van der Waals surface area contributed by atoms with E-state index in [0.29, 0.717) is 19.0 Å². The molecule has 0 aliphatic carbocycles. The van der Waals surface area contributed by atoms with Gasteiger partial charge in [0.05, 0.1) is 14.2 Å². The molecule has 3 N–H and O–H groups in total. The Bertz CT molecular complexity index is 969. The first kappa shape index (κ1) is 22.2. The lowest BCUT2D eigenvalue weighted by Gasteiger charge is -2.10. The molecule has 0 radical (unpaired) electrons. The number of ether oxygens (including phenoxy) is 2. The van der Waals surface area contributed by atoms with E-state index in [-0.39, 0.29) is 0 Å². The van der Waals surface area contributed by atoms with Crippen LogP contribution in [0.4, 0.5) is 0 Å². The van der Waals surface area contributed by atoms with Crippen molar-refractivity contribution in [3.63, 3.8) is 0 Å². The molecule has 0 amide bonds. The largest absolute Gasteiger partial charge is 0.493 e. The number of hydrogen-bond acceptors (Lipinski definition) is 4. The molecule has 1 aromatic heterocycles. The van der Waals surface area contributed by atoms with E-state index in [0.717, 1.165) is 48.7 Å². The Morgan fingerprint density at radius 2 is 1.84 bits per heavy atom. The standard InChI is InChI=1S/C24H31N5O2/c1-30-21-11-10-20(17-22(21)31-2)12-13-27-24(25)28-18-23-26-14-16-29(23)15-6-9-19-7-4-3-5-8-19/h3-5,7-8,10-11,14,16-17H,6,9,12-13,15,18H2,1-2H3,(H3,25,27,28). The van der Waals surface area contributed by atoms with Crippen LogP contribution in [-0.2, 0) is 25.9 Å². The monoisotopic (exact) mass is 421 g/mol. The number of nitrogens with two attached hydrogens (primary N) is 1. The van der Waals surface area contributed by atoms with Crippen LogP contribution in [0.3, 0.4) is 0 Å². The first-order chi connectivity index (χ1) is 15.2. The fraction of sp³-hybridized carbons (Fsp3) is 0.333. The van der Waals surface area contributed by atoms with Gasteiger partial charge in [-0.25, -0.2) is 9.98 Å². The van der Waals surface area contributed by atoms with Crippen molar-refractivity contribution in [2.24, 2.45) is 10.7 Å². The van der Waals surface area contributed by atoms with Crippen molar-refractivity contribution in [1.29, 1.82) is 0 Å². The van der Waals surface area contributed by atoms with Crippen LogP contribution in [0.1, 0.15) is 23.4 Å². The van der Waals surface area contributed by atoms with Gasteiger partial charge in [0.2, 0.25) is 0 Å². The van der Waals surface area contributed by atoms with Crippen LogP contribution in [0.25, 0.3) is 0 Å². The molecule has 7 nitrogen and oxygen atoms in total. The summed E-state index contributed by atoms with van der Waals surface area (Å²) in [5.41, 5.74) is 8.52. The Balaban J connectivity index is 1.44. The van der Waals surface area contributed by atoms with E-state index < -0.39 is 0 Å². The second-order valence-electron chi connectivity index (χ2n) is 7.19. The van der Waals surface area contributed by atoms with E-state index in [2.05, 4.69) is 44.1 Å². The zero-order chi connectivity index (χ0) is 21.9. The van der Waals surface area contributed by atoms with E-state index in [9.17, 15) is 0 Å². The first-order valence-electron chi connectivity index (χ1n) is 10.5. The fourth-order valence-electron chi connectivity index (χ4n) is 3.38. The molecule has 2 aromatic carbocycles. The summed E-state index contributed by atoms with van der Waals surface area (Å²) >= 11 is 0. The van der Waals surface area contributed by atoms with Crippen molar-refractivity contribution in [2.45, 2.75) is 32.4 Å². The quantitative estimate of drug-likeness (QED) is 0.367. The minimum atomic E-state index is 0.416. The molecule has 0 saturated carbocycles. The van der Waals surface area contributed by atoms with Gasteiger partial charge in [0.25, 0.3) is 0 Å². The van der Waals surface area contributed by atoms with Crippen LogP contribution >= 0.6 is 0 Å². The number of hydrogen-bond donors (Lipinski definition) is 2. The fourth-order valence-corrected chi connectivity index (χ4v) is 3.38. The number of nitrogens with zero attached hydrogens (tertiary/aromatic N) is 3. The highest BCUT2D eigenvalue weighted by Gasteiger charge is 2.05. The summed E-state index contributed by atoms with van der Waals surface area (Å²) in [5, 5.41) is 3.16. The van der Waals surface area contributed by atoms with Gasteiger partial charge in [-0.05, 0) is 42.5 Å². The summed E-state index contributed by atoms with van der Waals surface area (Å²) in [7, 11) is 3.26. The predicted molar refractivity (Wildman–Crippen MR) is 124 cm³/mol. The molecule has 1 heterocycles. The molecular weight excluding hydrogens is 390 g/mol. The smallest absolute Gasteiger partial charge is 0.189 e. The molecule has 0 aliphatic rings. The van der Waals surface area contributed by atoms with Crippen molar-refractivity contribution < 1.29 is 9.47 Å². The van der Waals surface area contributed by atoms with Crippen molar-refractivity contribution in [3.05, 3.63) is 77.9 Å². The Kier molecular flexibility index (Phi) is 8.34. The molecule has 31 heavy (non-hydrogen) atoms. The molecule has 3 rings (SSSR count). The third-order valence-corrected chi connectivity index (χ3v) is 5.07. The Morgan fingerprint density at radius 1 is 1.03 bits per heavy atom. The number of aromatic nitrogens is 2. The topological polar surface area (TPSA) is 86.7 Å². The van der Waals surface area contributed by atoms with Gasteiger partial charge in [0.15, 0.2) is 17.5 Å². The van der Waals surface area contributed by atoms with Gasteiger partial charge in [0, 0.05) is 25.5 Å². The molecular formula is C24H31N5O2. The zero-order valence-electron chi connectivity index (χ0n) is 18.3. The number of aliphatic imine (C=N–C) groups is 1. The summed E-state index contributed by atoms with van der Waals surface area (Å²) in [5.74, 6) is 2.78. The van der Waals surface area contributed by atoms with Crippen molar-refractivity contribution >= 4 is 5.96 Å². The minimum Gasteiger partial charge on any atom is -0.493 e. The van der Waals surface area contributed by atoms with Crippen molar-refractivity contribution in [2.75, 3.05) is 20.8 Å². The Morgan fingerprint density at radius 3 is 2.61 bits per heavy atom. The molecule has 3 aromatic rings. The van der Waals surface area contributed by atoms with E-state index >= 15 is 0 Å². The van der Waals surface area contributed by atoms with Crippen LogP contribution in [0.2, 0.25) is 0 Å². The van der Waals surface area contributed by atoms with Crippen LogP contribution in [0.5, 0.6) is 11.5 Å². The van der Waals surface area contributed by atoms with Gasteiger partial charge < -0.3 is 25.1 Å². The second kappa shape index (κ2) is 11.6. The molecule has 0 fully saturated rings. The normalized spacial score (nSPS) is 11.4. The highest BCUT2D eigenvalue weighted by Crippen LogP contribution is 2.27. The summed E-state index contributed by atoms with van der Waals surface area (Å²) in [6.45, 7) is 2.04. The third kappa shape index (κ3) is 6.77. The van der Waals surface area contributed by atoms with Crippen LogP contribution in [0, 0.1) is 0 Å². The number of benzene rings is 2. The SMILES string of the molecule is COc1ccc(CCNC(N)=NCc2nccn2CCCc2ccccc2)cc1OC. The van der Waals surface area contributed by atoms with Gasteiger partial charge in [-0.3, -0.25) is 0 Å². The number of rotatable bonds is 11. The molecule has 0 atom stereocenters. The van der Waals surface area contributed by atoms with Gasteiger partial charge >= 0.3 is 0 Å². The molecule has 0 saturated heterocycles. The molecule has 0 aliphatic heterocycles. The Labute approximate surface area is 183 Å². The van der Waals surface area contributed by atoms with Gasteiger partial charge in [-0.2, -0.15) is 0 Å². The second-order valence-corrected chi connectivity index (χ2v) is 7.19. The van der Waals surface area contributed by atoms with Gasteiger partial charge in [-0.15, -0.1) is 0 Å². The van der Waals surface area contributed by atoms with Crippen molar-refractivity contribution in [3.8, 4) is 11.5 Å². The zero-order valence-corrected chi connectivity index (χ0v) is 18.3. The third-order valence-electron chi connectivity index (χ3n) is 5.07. The summed E-state index contributed by atoms with van der Waals surface area (Å²) in [6.07, 6.45) is 6.70.